The van der Waals surface area contributed by atoms with Gasteiger partial charge in [0, 0.05) is 12.1 Å². The van der Waals surface area contributed by atoms with Crippen molar-refractivity contribution in [2.24, 2.45) is 0 Å². The summed E-state index contributed by atoms with van der Waals surface area (Å²) in [5, 5.41) is 3.09. The lowest BCUT2D eigenvalue weighted by molar-refractivity contribution is 0.0962. The van der Waals surface area contributed by atoms with Crippen LogP contribution in [0.1, 0.15) is 39.6 Å². The number of nitrogens with one attached hydrogen (secondary N) is 1. The first-order chi connectivity index (χ1) is 13.5. The van der Waals surface area contributed by atoms with E-state index >= 15 is 0 Å². The number of aromatic nitrogens is 2. The first-order valence-electron chi connectivity index (χ1n) is 9.10. The Morgan fingerprint density at radius 1 is 1.04 bits per heavy atom. The van der Waals surface area contributed by atoms with Gasteiger partial charge in [-0.2, -0.15) is 0 Å². The van der Waals surface area contributed by atoms with Gasteiger partial charge in [0.25, 0.3) is 0 Å². The Morgan fingerprint density at radius 2 is 1.75 bits per heavy atom. The molecular weight excluding hydrogens is 357 g/mol. The van der Waals surface area contributed by atoms with E-state index in [0.29, 0.717) is 35.7 Å². The molecule has 5 nitrogen and oxygen atoms in total. The van der Waals surface area contributed by atoms with Crippen LogP contribution in [-0.2, 0) is 6.42 Å². The molecule has 0 saturated carbocycles. The van der Waals surface area contributed by atoms with Crippen molar-refractivity contribution in [2.45, 2.75) is 25.7 Å². The molecule has 4 rings (SSSR count). The van der Waals surface area contributed by atoms with E-state index in [9.17, 15) is 9.18 Å². The summed E-state index contributed by atoms with van der Waals surface area (Å²) >= 11 is 0. The maximum absolute atomic E-state index is 13.1. The number of hydrogen-bond acceptors (Lipinski definition) is 5. The molecule has 1 aromatic heterocycles. The Kier molecular flexibility index (Phi) is 4.77. The highest BCUT2D eigenvalue weighted by atomic mass is 19.1. The summed E-state index contributed by atoms with van der Waals surface area (Å²) in [7, 11) is 1.63. The smallest absolute Gasteiger partial charge is 0.227 e. The fourth-order valence-corrected chi connectivity index (χ4v) is 3.60. The van der Waals surface area contributed by atoms with Gasteiger partial charge in [-0.05, 0) is 61.2 Å². The van der Waals surface area contributed by atoms with Gasteiger partial charge in [-0.15, -0.1) is 0 Å². The van der Waals surface area contributed by atoms with E-state index in [1.807, 2.05) is 31.2 Å². The molecule has 2 aromatic carbocycles. The van der Waals surface area contributed by atoms with Gasteiger partial charge in [0.1, 0.15) is 11.6 Å². The lowest BCUT2D eigenvalue weighted by Gasteiger charge is -2.24. The normalized spacial score (nSPS) is 15.8. The van der Waals surface area contributed by atoms with Crippen LogP contribution >= 0.6 is 0 Å². The molecule has 0 unspecified atom stereocenters. The summed E-state index contributed by atoms with van der Waals surface area (Å²) in [6.45, 7) is 1.82. The number of halogens is 1. The SMILES string of the molecule is COc1ccc([C@H]2CC(=O)c3c(C)nc(Nc4ccc(F)cc4)nc3C2)cc1. The van der Waals surface area contributed by atoms with Crippen molar-refractivity contribution in [3.63, 3.8) is 0 Å². The van der Waals surface area contributed by atoms with Gasteiger partial charge in [-0.1, -0.05) is 12.1 Å². The summed E-state index contributed by atoms with van der Waals surface area (Å²) < 4.78 is 18.3. The van der Waals surface area contributed by atoms with Crippen LogP contribution in [0.3, 0.4) is 0 Å². The van der Waals surface area contributed by atoms with Gasteiger partial charge in [0.2, 0.25) is 5.95 Å². The third-order valence-electron chi connectivity index (χ3n) is 5.00. The number of Topliss-reactive ketones (excluding diaryl/α,β-unsaturated/α-hetero) is 1. The van der Waals surface area contributed by atoms with E-state index in [4.69, 9.17) is 4.74 Å². The highest BCUT2D eigenvalue weighted by molar-refractivity contribution is 5.99. The van der Waals surface area contributed by atoms with Crippen LogP contribution < -0.4 is 10.1 Å². The lowest BCUT2D eigenvalue weighted by atomic mass is 9.81. The second kappa shape index (κ2) is 7.38. The Bertz CT molecular complexity index is 1020. The van der Waals surface area contributed by atoms with Crippen molar-refractivity contribution in [3.8, 4) is 5.75 Å². The molecular formula is C22H20FN3O2. The van der Waals surface area contributed by atoms with Crippen molar-refractivity contribution in [1.29, 1.82) is 0 Å². The molecule has 1 aliphatic carbocycles. The first kappa shape index (κ1) is 18.1. The van der Waals surface area contributed by atoms with Crippen LogP contribution in [0, 0.1) is 12.7 Å². The highest BCUT2D eigenvalue weighted by Crippen LogP contribution is 2.34. The number of fused-ring (bicyclic) bond motifs is 1. The number of anilines is 2. The van der Waals surface area contributed by atoms with E-state index in [1.54, 1.807) is 19.2 Å². The van der Waals surface area contributed by atoms with E-state index in [-0.39, 0.29) is 17.5 Å². The van der Waals surface area contributed by atoms with Crippen LogP contribution in [-0.4, -0.2) is 22.9 Å². The van der Waals surface area contributed by atoms with Crippen molar-refractivity contribution in [1.82, 2.24) is 9.97 Å². The minimum atomic E-state index is -0.305. The summed E-state index contributed by atoms with van der Waals surface area (Å²) in [4.78, 5) is 21.8. The molecule has 0 fully saturated rings. The van der Waals surface area contributed by atoms with Gasteiger partial charge in [0.05, 0.1) is 24.1 Å². The Balaban J connectivity index is 1.63. The Morgan fingerprint density at radius 3 is 2.43 bits per heavy atom. The molecule has 0 radical (unpaired) electrons. The number of benzene rings is 2. The quantitative estimate of drug-likeness (QED) is 0.720. The average Bonchev–Trinajstić information content (AvgIpc) is 2.69. The van der Waals surface area contributed by atoms with Crippen molar-refractivity contribution < 1.29 is 13.9 Å². The Labute approximate surface area is 162 Å². The molecule has 0 bridgehead atoms. The number of ether oxygens (including phenoxy) is 1. The molecule has 142 valence electrons. The third kappa shape index (κ3) is 3.58. The van der Waals surface area contributed by atoms with Gasteiger partial charge in [-0.25, -0.2) is 14.4 Å². The van der Waals surface area contributed by atoms with Crippen molar-refractivity contribution in [3.05, 3.63) is 76.9 Å². The average molecular weight is 377 g/mol. The fraction of sp³-hybridized carbons (Fsp3) is 0.227. The van der Waals surface area contributed by atoms with Crippen LogP contribution in [0.15, 0.2) is 48.5 Å². The van der Waals surface area contributed by atoms with Crippen molar-refractivity contribution in [2.75, 3.05) is 12.4 Å². The number of nitrogens with zero attached hydrogens (tertiary/aromatic N) is 2. The minimum Gasteiger partial charge on any atom is -0.497 e. The number of rotatable bonds is 4. The largest absolute Gasteiger partial charge is 0.497 e. The zero-order valence-corrected chi connectivity index (χ0v) is 15.7. The number of carbonyl (C=O) groups excluding carboxylic acids is 1. The van der Waals surface area contributed by atoms with Gasteiger partial charge in [0.15, 0.2) is 5.78 Å². The first-order valence-corrected chi connectivity index (χ1v) is 9.10. The number of hydrogen-bond donors (Lipinski definition) is 1. The predicted molar refractivity (Wildman–Crippen MR) is 105 cm³/mol. The monoisotopic (exact) mass is 377 g/mol. The van der Waals surface area contributed by atoms with Crippen LogP contribution in [0.5, 0.6) is 5.75 Å². The van der Waals surface area contributed by atoms with E-state index < -0.39 is 0 Å². The standard InChI is InChI=1S/C22H20FN3O2/c1-13-21-19(26-22(24-13)25-17-7-5-16(23)6-8-17)11-15(12-20(21)27)14-3-9-18(28-2)10-4-14/h3-10,15H,11-12H2,1-2H3,(H,24,25,26)/t15-/m1/s1. The maximum Gasteiger partial charge on any atom is 0.227 e. The zero-order valence-electron chi connectivity index (χ0n) is 15.7. The molecule has 0 aliphatic heterocycles. The second-order valence-corrected chi connectivity index (χ2v) is 6.89. The topological polar surface area (TPSA) is 64.1 Å². The fourth-order valence-electron chi connectivity index (χ4n) is 3.60. The van der Waals surface area contributed by atoms with Crippen LogP contribution in [0.2, 0.25) is 0 Å². The number of ketones is 1. The lowest BCUT2D eigenvalue weighted by Crippen LogP contribution is -2.22. The maximum atomic E-state index is 13.1. The van der Waals surface area contributed by atoms with Gasteiger partial charge in [-0.3, -0.25) is 4.79 Å². The highest BCUT2D eigenvalue weighted by Gasteiger charge is 2.30. The van der Waals surface area contributed by atoms with E-state index in [2.05, 4.69) is 15.3 Å². The second-order valence-electron chi connectivity index (χ2n) is 6.89. The molecule has 1 aliphatic rings. The van der Waals surface area contributed by atoms with Crippen LogP contribution in [0.4, 0.5) is 16.0 Å². The number of carbonyl (C=O) groups is 1. The zero-order chi connectivity index (χ0) is 19.7. The molecule has 6 heteroatoms. The molecule has 0 spiro atoms. The van der Waals surface area contributed by atoms with Crippen molar-refractivity contribution >= 4 is 17.4 Å². The molecule has 1 heterocycles. The molecule has 0 amide bonds. The minimum absolute atomic E-state index is 0.0629. The molecule has 3 aromatic rings. The molecule has 0 saturated heterocycles. The van der Waals surface area contributed by atoms with Crippen LogP contribution in [0.25, 0.3) is 0 Å². The number of aryl methyl sites for hydroxylation is 1. The van der Waals surface area contributed by atoms with E-state index in [1.165, 1.54) is 12.1 Å². The molecule has 1 N–H and O–H groups in total. The molecule has 1 atom stereocenters. The Hall–Kier alpha value is -3.28. The summed E-state index contributed by atoms with van der Waals surface area (Å²) in [5.74, 6) is 1.02. The third-order valence-corrected chi connectivity index (χ3v) is 5.00. The number of methoxy groups -OCH3 is 1. The van der Waals surface area contributed by atoms with Gasteiger partial charge >= 0.3 is 0 Å². The summed E-state index contributed by atoms with van der Waals surface area (Å²) in [6.07, 6.45) is 1.10. The summed E-state index contributed by atoms with van der Waals surface area (Å²) in [6, 6.07) is 13.8. The molecule has 28 heavy (non-hydrogen) atoms. The van der Waals surface area contributed by atoms with Gasteiger partial charge < -0.3 is 10.1 Å². The predicted octanol–water partition coefficient (Wildman–Crippen LogP) is 4.59. The summed E-state index contributed by atoms with van der Waals surface area (Å²) in [5.41, 5.74) is 3.80. The van der Waals surface area contributed by atoms with E-state index in [0.717, 1.165) is 17.0 Å².